The summed E-state index contributed by atoms with van der Waals surface area (Å²) < 4.78 is 36.1. The van der Waals surface area contributed by atoms with Gasteiger partial charge in [0.2, 0.25) is 0 Å². The van der Waals surface area contributed by atoms with Crippen molar-refractivity contribution in [2.75, 3.05) is 24.9 Å². The molecule has 0 aliphatic carbocycles. The van der Waals surface area contributed by atoms with Crippen molar-refractivity contribution in [1.29, 1.82) is 0 Å². The number of nitrogens with one attached hydrogen (secondary N) is 2. The van der Waals surface area contributed by atoms with Crippen LogP contribution in [-0.4, -0.2) is 20.3 Å². The zero-order valence-corrected chi connectivity index (χ0v) is 11.9. The molecule has 0 bridgehead atoms. The Hall–Kier alpha value is -2.83. The maximum absolute atomic E-state index is 13.1. The van der Waals surface area contributed by atoms with Crippen molar-refractivity contribution in [3.63, 3.8) is 0 Å². The van der Waals surface area contributed by atoms with Gasteiger partial charge in [0, 0.05) is 17.8 Å². The van der Waals surface area contributed by atoms with Crippen molar-refractivity contribution in [1.82, 2.24) is 0 Å². The number of hydrogen-bond donors (Lipinski definition) is 2. The molecule has 2 amide bonds. The van der Waals surface area contributed by atoms with E-state index in [1.807, 2.05) is 0 Å². The molecule has 0 fully saturated rings. The molecule has 0 aliphatic heterocycles. The lowest BCUT2D eigenvalue weighted by Gasteiger charge is -2.12. The Morgan fingerprint density at radius 3 is 2.36 bits per heavy atom. The minimum Gasteiger partial charge on any atom is -0.497 e. The van der Waals surface area contributed by atoms with Crippen molar-refractivity contribution in [2.45, 2.75) is 0 Å². The monoisotopic (exact) mass is 308 g/mol. The van der Waals surface area contributed by atoms with E-state index in [9.17, 15) is 13.6 Å². The highest BCUT2D eigenvalue weighted by molar-refractivity contribution is 6.00. The number of anilines is 2. The van der Waals surface area contributed by atoms with E-state index in [0.29, 0.717) is 17.2 Å². The predicted molar refractivity (Wildman–Crippen MR) is 78.5 cm³/mol. The summed E-state index contributed by atoms with van der Waals surface area (Å²) in [5, 5.41) is 4.94. The highest BCUT2D eigenvalue weighted by atomic mass is 19.2. The number of carbonyl (C=O) groups is 1. The minimum absolute atomic E-state index is 0.123. The van der Waals surface area contributed by atoms with Crippen LogP contribution in [-0.2, 0) is 0 Å². The van der Waals surface area contributed by atoms with E-state index in [2.05, 4.69) is 10.6 Å². The Balaban J connectivity index is 2.12. The van der Waals surface area contributed by atoms with Crippen LogP contribution in [0, 0.1) is 11.6 Å². The molecule has 7 heteroatoms. The average Bonchev–Trinajstić information content (AvgIpc) is 2.50. The van der Waals surface area contributed by atoms with Crippen molar-refractivity contribution in [3.8, 4) is 11.5 Å². The Kier molecular flexibility index (Phi) is 4.77. The van der Waals surface area contributed by atoms with Gasteiger partial charge in [-0.3, -0.25) is 0 Å². The normalized spacial score (nSPS) is 10.0. The van der Waals surface area contributed by atoms with Crippen LogP contribution >= 0.6 is 0 Å². The highest BCUT2D eigenvalue weighted by Gasteiger charge is 2.10. The lowest BCUT2D eigenvalue weighted by Crippen LogP contribution is -2.20. The van der Waals surface area contributed by atoms with Gasteiger partial charge in [0.25, 0.3) is 0 Å². The molecule has 2 aromatic carbocycles. The standard InChI is InChI=1S/C15H14F2N2O3/c1-21-10-4-6-14(22-2)13(8-10)19-15(20)18-9-3-5-11(16)12(17)7-9/h3-8H,1-2H3,(H2,18,19,20). The predicted octanol–water partition coefficient (Wildman–Crippen LogP) is 3.63. The fraction of sp³-hybridized carbons (Fsp3) is 0.133. The van der Waals surface area contributed by atoms with E-state index >= 15 is 0 Å². The van der Waals surface area contributed by atoms with Gasteiger partial charge >= 0.3 is 6.03 Å². The van der Waals surface area contributed by atoms with Crippen molar-refractivity contribution < 1.29 is 23.0 Å². The first-order chi connectivity index (χ1) is 10.5. The fourth-order valence-corrected chi connectivity index (χ4v) is 1.77. The molecule has 2 aromatic rings. The third kappa shape index (κ3) is 3.63. The molecule has 0 spiro atoms. The molecule has 0 atom stereocenters. The van der Waals surface area contributed by atoms with Crippen LogP contribution in [0.2, 0.25) is 0 Å². The van der Waals surface area contributed by atoms with Crippen LogP contribution in [0.4, 0.5) is 25.0 Å². The van der Waals surface area contributed by atoms with Crippen LogP contribution in [0.25, 0.3) is 0 Å². The molecule has 0 radical (unpaired) electrons. The molecule has 0 saturated carbocycles. The second-order valence-electron chi connectivity index (χ2n) is 4.27. The molecule has 22 heavy (non-hydrogen) atoms. The Labute approximate surface area is 125 Å². The molecule has 0 saturated heterocycles. The molecule has 116 valence electrons. The Morgan fingerprint density at radius 1 is 0.955 bits per heavy atom. The number of rotatable bonds is 4. The number of urea groups is 1. The van der Waals surface area contributed by atoms with Gasteiger partial charge in [-0.15, -0.1) is 0 Å². The molecule has 5 nitrogen and oxygen atoms in total. The maximum Gasteiger partial charge on any atom is 0.323 e. The molecule has 2 rings (SSSR count). The summed E-state index contributed by atoms with van der Waals surface area (Å²) in [4.78, 5) is 11.9. The molecule has 0 unspecified atom stereocenters. The number of ether oxygens (including phenoxy) is 2. The van der Waals surface area contributed by atoms with E-state index < -0.39 is 17.7 Å². The van der Waals surface area contributed by atoms with E-state index in [0.717, 1.165) is 12.1 Å². The zero-order chi connectivity index (χ0) is 16.1. The molecule has 0 aromatic heterocycles. The molecule has 0 heterocycles. The first-order valence-corrected chi connectivity index (χ1v) is 6.28. The molecule has 2 N–H and O–H groups in total. The number of amides is 2. The number of halogens is 2. The van der Waals surface area contributed by atoms with E-state index in [1.165, 1.54) is 20.3 Å². The van der Waals surface area contributed by atoms with Gasteiger partial charge in [-0.05, 0) is 24.3 Å². The number of methoxy groups -OCH3 is 2. The highest BCUT2D eigenvalue weighted by Crippen LogP contribution is 2.29. The van der Waals surface area contributed by atoms with Crippen molar-refractivity contribution in [2.24, 2.45) is 0 Å². The molecular formula is C15H14F2N2O3. The van der Waals surface area contributed by atoms with Gasteiger partial charge in [-0.1, -0.05) is 0 Å². The molecule has 0 aliphatic rings. The maximum atomic E-state index is 13.1. The Bertz CT molecular complexity index is 692. The van der Waals surface area contributed by atoms with Crippen molar-refractivity contribution in [3.05, 3.63) is 48.0 Å². The summed E-state index contributed by atoms with van der Waals surface area (Å²) in [7, 11) is 2.95. The summed E-state index contributed by atoms with van der Waals surface area (Å²) in [6.45, 7) is 0. The van der Waals surface area contributed by atoms with Crippen LogP contribution in [0.3, 0.4) is 0 Å². The van der Waals surface area contributed by atoms with E-state index in [-0.39, 0.29) is 5.69 Å². The topological polar surface area (TPSA) is 59.6 Å². The summed E-state index contributed by atoms with van der Waals surface area (Å²) in [5.41, 5.74) is 0.500. The SMILES string of the molecule is COc1ccc(OC)c(NC(=O)Nc2ccc(F)c(F)c2)c1. The summed E-state index contributed by atoms with van der Waals surface area (Å²) >= 11 is 0. The second-order valence-corrected chi connectivity index (χ2v) is 4.27. The summed E-state index contributed by atoms with van der Waals surface area (Å²) in [6.07, 6.45) is 0. The summed E-state index contributed by atoms with van der Waals surface area (Å²) in [6, 6.07) is 7.32. The number of benzene rings is 2. The summed E-state index contributed by atoms with van der Waals surface area (Å²) in [5.74, 6) is -1.07. The van der Waals surface area contributed by atoms with E-state index in [4.69, 9.17) is 9.47 Å². The van der Waals surface area contributed by atoms with Gasteiger partial charge in [-0.2, -0.15) is 0 Å². The number of carbonyl (C=O) groups excluding carboxylic acids is 1. The third-order valence-electron chi connectivity index (χ3n) is 2.83. The largest absolute Gasteiger partial charge is 0.497 e. The first kappa shape index (κ1) is 15.6. The van der Waals surface area contributed by atoms with Crippen LogP contribution < -0.4 is 20.1 Å². The lowest BCUT2D eigenvalue weighted by atomic mass is 10.2. The fourth-order valence-electron chi connectivity index (χ4n) is 1.77. The first-order valence-electron chi connectivity index (χ1n) is 6.28. The van der Waals surface area contributed by atoms with Crippen LogP contribution in [0.1, 0.15) is 0 Å². The van der Waals surface area contributed by atoms with Gasteiger partial charge < -0.3 is 20.1 Å². The van der Waals surface area contributed by atoms with Crippen LogP contribution in [0.5, 0.6) is 11.5 Å². The van der Waals surface area contributed by atoms with Gasteiger partial charge in [0.1, 0.15) is 11.5 Å². The quantitative estimate of drug-likeness (QED) is 0.907. The second kappa shape index (κ2) is 6.75. The third-order valence-corrected chi connectivity index (χ3v) is 2.83. The number of hydrogen-bond acceptors (Lipinski definition) is 3. The van der Waals surface area contributed by atoms with Gasteiger partial charge in [0.05, 0.1) is 19.9 Å². The van der Waals surface area contributed by atoms with Crippen molar-refractivity contribution >= 4 is 17.4 Å². The van der Waals surface area contributed by atoms with Gasteiger partial charge in [-0.25, -0.2) is 13.6 Å². The smallest absolute Gasteiger partial charge is 0.323 e. The minimum atomic E-state index is -1.04. The average molecular weight is 308 g/mol. The zero-order valence-electron chi connectivity index (χ0n) is 11.9. The van der Waals surface area contributed by atoms with Gasteiger partial charge in [0.15, 0.2) is 11.6 Å². The lowest BCUT2D eigenvalue weighted by molar-refractivity contribution is 0.262. The Morgan fingerprint density at radius 2 is 1.73 bits per heavy atom. The molecular weight excluding hydrogens is 294 g/mol. The van der Waals surface area contributed by atoms with Crippen LogP contribution in [0.15, 0.2) is 36.4 Å². The van der Waals surface area contributed by atoms with E-state index in [1.54, 1.807) is 18.2 Å².